The Morgan fingerprint density at radius 2 is 1.10 bits per heavy atom. The van der Waals surface area contributed by atoms with Gasteiger partial charge in [0.2, 0.25) is 0 Å². The predicted molar refractivity (Wildman–Crippen MR) is 130 cm³/mol. The molecule has 0 spiro atoms. The van der Waals surface area contributed by atoms with E-state index < -0.39 is 0 Å². The van der Waals surface area contributed by atoms with E-state index in [1.54, 1.807) is 0 Å². The predicted octanol–water partition coefficient (Wildman–Crippen LogP) is 6.96. The molecule has 0 aliphatic rings. The molecule has 0 aromatic heterocycles. The average Bonchev–Trinajstić information content (AvgIpc) is 2.81. The third-order valence-corrected chi connectivity index (χ3v) is 5.33. The van der Waals surface area contributed by atoms with Gasteiger partial charge in [-0.15, -0.1) is 0 Å². The third kappa shape index (κ3) is 23.1. The van der Waals surface area contributed by atoms with Gasteiger partial charge in [-0.3, -0.25) is 4.79 Å². The number of esters is 1. The minimum atomic E-state index is -0.125. The Morgan fingerprint density at radius 3 is 1.52 bits per heavy atom. The molecule has 0 saturated heterocycles. The molecule has 0 aliphatic heterocycles. The number of hydrogen-bond acceptors (Lipinski definition) is 4. The van der Waals surface area contributed by atoms with E-state index in [1.165, 1.54) is 83.5 Å². The summed E-state index contributed by atoms with van der Waals surface area (Å²) in [7, 11) is 0. The van der Waals surface area contributed by atoms with Crippen molar-refractivity contribution in [3.8, 4) is 0 Å². The van der Waals surface area contributed by atoms with Gasteiger partial charge in [-0.2, -0.15) is 0 Å². The maximum Gasteiger partial charge on any atom is 0.306 e. The molecule has 0 radical (unpaired) electrons. The number of rotatable bonds is 19. The van der Waals surface area contributed by atoms with E-state index in [1.807, 2.05) is 30.3 Å². The second kappa shape index (κ2) is 24.9. The number of carbonyl (C=O) groups is 1. The maximum absolute atomic E-state index is 11.7. The Labute approximate surface area is 191 Å². The van der Waals surface area contributed by atoms with Crippen LogP contribution in [-0.4, -0.2) is 29.4 Å². The largest absolute Gasteiger partial charge is 0.461 e. The number of carbonyl (C=O) groups excluding carboxylic acids is 1. The summed E-state index contributed by atoms with van der Waals surface area (Å²) < 4.78 is 5.31. The fourth-order valence-electron chi connectivity index (χ4n) is 3.45. The van der Waals surface area contributed by atoms with Crippen molar-refractivity contribution in [3.05, 3.63) is 35.9 Å². The Hall–Kier alpha value is -1.39. The van der Waals surface area contributed by atoms with E-state index >= 15 is 0 Å². The lowest BCUT2D eigenvalue weighted by Crippen LogP contribution is -2.04. The van der Waals surface area contributed by atoms with Crippen molar-refractivity contribution in [3.63, 3.8) is 0 Å². The zero-order valence-corrected chi connectivity index (χ0v) is 20.0. The van der Waals surface area contributed by atoms with E-state index in [4.69, 9.17) is 14.9 Å². The zero-order chi connectivity index (χ0) is 22.8. The van der Waals surface area contributed by atoms with E-state index in [-0.39, 0.29) is 19.2 Å². The van der Waals surface area contributed by atoms with E-state index in [0.717, 1.165) is 18.4 Å². The molecule has 2 N–H and O–H groups in total. The Kier molecular flexibility index (Phi) is 23.8. The highest BCUT2D eigenvalue weighted by Gasteiger charge is 2.03. The summed E-state index contributed by atoms with van der Waals surface area (Å²) in [5.74, 6) is -0.0615. The first kappa shape index (κ1) is 29.6. The molecule has 0 atom stereocenters. The fourth-order valence-corrected chi connectivity index (χ4v) is 3.45. The molecule has 1 aromatic carbocycles. The van der Waals surface area contributed by atoms with Crippen LogP contribution in [0.3, 0.4) is 0 Å². The first-order chi connectivity index (χ1) is 15.2. The number of ether oxygens (including phenoxy) is 1. The van der Waals surface area contributed by atoms with Gasteiger partial charge in [0.1, 0.15) is 6.61 Å². The number of benzene rings is 1. The van der Waals surface area contributed by atoms with E-state index in [2.05, 4.69) is 6.92 Å². The SMILES string of the molecule is CCCCCCCCCCCCCCCCCC(=O)OCc1ccccc1.OCCO. The molecule has 0 fully saturated rings. The van der Waals surface area contributed by atoms with Crippen LogP contribution in [0.15, 0.2) is 30.3 Å². The molecule has 4 heteroatoms. The number of hydrogen-bond donors (Lipinski definition) is 2. The molecule has 4 nitrogen and oxygen atoms in total. The molecule has 1 rings (SSSR count). The van der Waals surface area contributed by atoms with Gasteiger partial charge in [0, 0.05) is 6.42 Å². The van der Waals surface area contributed by atoms with Crippen LogP contribution in [0.5, 0.6) is 0 Å². The van der Waals surface area contributed by atoms with Gasteiger partial charge in [-0.1, -0.05) is 127 Å². The molecule has 180 valence electrons. The Morgan fingerprint density at radius 1 is 0.677 bits per heavy atom. The standard InChI is InChI=1S/C25H42O2.C2H6O2/c1-2-3-4-5-6-7-8-9-10-11-12-13-14-15-19-22-25(26)27-23-24-20-17-16-18-21-24;3-1-2-4/h16-18,20-21H,2-15,19,22-23H2,1H3;3-4H,1-2H2. The summed E-state index contributed by atoms with van der Waals surface area (Å²) >= 11 is 0. The van der Waals surface area contributed by atoms with Crippen molar-refractivity contribution in [2.24, 2.45) is 0 Å². The first-order valence-corrected chi connectivity index (χ1v) is 12.7. The normalized spacial score (nSPS) is 10.4. The zero-order valence-electron chi connectivity index (χ0n) is 20.0. The van der Waals surface area contributed by atoms with Gasteiger partial charge >= 0.3 is 5.97 Å². The molecule has 0 unspecified atom stereocenters. The highest BCUT2D eigenvalue weighted by molar-refractivity contribution is 5.69. The monoisotopic (exact) mass is 436 g/mol. The van der Waals surface area contributed by atoms with Crippen LogP contribution in [0.2, 0.25) is 0 Å². The molecule has 31 heavy (non-hydrogen) atoms. The minimum absolute atomic E-state index is 0.0615. The summed E-state index contributed by atoms with van der Waals surface area (Å²) in [5.41, 5.74) is 1.06. The summed E-state index contributed by atoms with van der Waals surface area (Å²) in [4.78, 5) is 11.7. The van der Waals surface area contributed by atoms with Crippen molar-refractivity contribution < 1.29 is 19.7 Å². The molecular formula is C27H48O4. The second-order valence-electron chi connectivity index (χ2n) is 8.29. The fraction of sp³-hybridized carbons (Fsp3) is 0.741. The topological polar surface area (TPSA) is 66.8 Å². The van der Waals surface area contributed by atoms with Crippen molar-refractivity contribution >= 4 is 5.97 Å². The minimum Gasteiger partial charge on any atom is -0.461 e. The number of aliphatic hydroxyl groups excluding tert-OH is 2. The highest BCUT2D eigenvalue weighted by Crippen LogP contribution is 2.14. The van der Waals surface area contributed by atoms with Gasteiger partial charge < -0.3 is 14.9 Å². The first-order valence-electron chi connectivity index (χ1n) is 12.7. The Balaban J connectivity index is 0.00000206. The molecule has 0 saturated carbocycles. The Bertz CT molecular complexity index is 473. The molecule has 1 aromatic rings. The quantitative estimate of drug-likeness (QED) is 0.182. The van der Waals surface area contributed by atoms with Crippen LogP contribution in [-0.2, 0) is 16.1 Å². The van der Waals surface area contributed by atoms with Crippen LogP contribution in [0.25, 0.3) is 0 Å². The molecule has 0 heterocycles. The third-order valence-electron chi connectivity index (χ3n) is 5.33. The maximum atomic E-state index is 11.7. The smallest absolute Gasteiger partial charge is 0.306 e. The molecule has 0 bridgehead atoms. The van der Waals surface area contributed by atoms with Gasteiger partial charge in [-0.05, 0) is 12.0 Å². The van der Waals surface area contributed by atoms with Gasteiger partial charge in [0.25, 0.3) is 0 Å². The molecular weight excluding hydrogens is 388 g/mol. The van der Waals surface area contributed by atoms with Crippen molar-refractivity contribution in [2.45, 2.75) is 116 Å². The van der Waals surface area contributed by atoms with Crippen molar-refractivity contribution in [1.82, 2.24) is 0 Å². The van der Waals surface area contributed by atoms with Crippen LogP contribution >= 0.6 is 0 Å². The van der Waals surface area contributed by atoms with Gasteiger partial charge in [0.15, 0.2) is 0 Å². The van der Waals surface area contributed by atoms with Gasteiger partial charge in [-0.25, -0.2) is 0 Å². The lowest BCUT2D eigenvalue weighted by Gasteiger charge is -2.05. The number of unbranched alkanes of at least 4 members (excludes halogenated alkanes) is 14. The van der Waals surface area contributed by atoms with Gasteiger partial charge in [0.05, 0.1) is 13.2 Å². The summed E-state index contributed by atoms with van der Waals surface area (Å²) in [5, 5.41) is 15.2. The average molecular weight is 437 g/mol. The lowest BCUT2D eigenvalue weighted by atomic mass is 10.0. The summed E-state index contributed by atoms with van der Waals surface area (Å²) in [6.07, 6.45) is 20.7. The van der Waals surface area contributed by atoms with E-state index in [0.29, 0.717) is 13.0 Å². The summed E-state index contributed by atoms with van der Waals surface area (Å²) in [6, 6.07) is 9.89. The van der Waals surface area contributed by atoms with Crippen molar-refractivity contribution in [1.29, 1.82) is 0 Å². The number of aliphatic hydroxyl groups is 2. The van der Waals surface area contributed by atoms with E-state index in [9.17, 15) is 4.79 Å². The lowest BCUT2D eigenvalue weighted by molar-refractivity contribution is -0.145. The van der Waals surface area contributed by atoms with Crippen LogP contribution in [0, 0.1) is 0 Å². The van der Waals surface area contributed by atoms with Crippen LogP contribution in [0.1, 0.15) is 115 Å². The van der Waals surface area contributed by atoms with Crippen LogP contribution < -0.4 is 0 Å². The molecule has 0 amide bonds. The van der Waals surface area contributed by atoms with Crippen molar-refractivity contribution in [2.75, 3.05) is 13.2 Å². The van der Waals surface area contributed by atoms with Crippen LogP contribution in [0.4, 0.5) is 0 Å². The molecule has 0 aliphatic carbocycles. The highest BCUT2D eigenvalue weighted by atomic mass is 16.5. The summed E-state index contributed by atoms with van der Waals surface area (Å²) in [6.45, 7) is 2.43. The second-order valence-corrected chi connectivity index (χ2v) is 8.29.